The minimum absolute atomic E-state index is 1.14. The molecule has 1 aliphatic carbocycles. The van der Waals surface area contributed by atoms with E-state index in [9.17, 15) is 0 Å². The van der Waals surface area contributed by atoms with Gasteiger partial charge in [0.15, 0.2) is 0 Å². The van der Waals surface area contributed by atoms with Crippen LogP contribution in [0, 0.1) is 0 Å². The van der Waals surface area contributed by atoms with Gasteiger partial charge >= 0.3 is 0 Å². The molecule has 0 N–H and O–H groups in total. The van der Waals surface area contributed by atoms with Crippen molar-refractivity contribution in [3.8, 4) is 0 Å². The van der Waals surface area contributed by atoms with E-state index in [-0.39, 0.29) is 0 Å². The second kappa shape index (κ2) is 4.84. The fourth-order valence-electron chi connectivity index (χ4n) is 2.20. The smallest absolute Gasteiger partial charge is 0.0970 e. The third kappa shape index (κ3) is 2.25. The van der Waals surface area contributed by atoms with Gasteiger partial charge in [-0.25, -0.2) is 0 Å². The third-order valence-electron chi connectivity index (χ3n) is 2.99. The Morgan fingerprint density at radius 1 is 1.20 bits per heavy atom. The molecule has 1 aromatic carbocycles. The van der Waals surface area contributed by atoms with Crippen molar-refractivity contribution in [1.82, 2.24) is 0 Å². The molecule has 0 radical (unpaired) electrons. The molecule has 0 bridgehead atoms. The molecule has 0 saturated carbocycles. The van der Waals surface area contributed by atoms with Crippen molar-refractivity contribution in [2.45, 2.75) is 25.7 Å². The summed E-state index contributed by atoms with van der Waals surface area (Å²) in [6.45, 7) is 0. The van der Waals surface area contributed by atoms with E-state index < -0.39 is 0 Å². The Morgan fingerprint density at radius 2 is 1.93 bits per heavy atom. The molecule has 1 nitrogen and oxygen atoms in total. The zero-order chi connectivity index (χ0) is 10.7. The molecule has 1 aliphatic rings. The van der Waals surface area contributed by atoms with Gasteiger partial charge in [0.25, 0.3) is 0 Å². The molecule has 0 aliphatic heterocycles. The second-order valence-corrected chi connectivity index (χ2v) is 4.72. The zero-order valence-electron chi connectivity index (χ0n) is 9.42. The van der Waals surface area contributed by atoms with E-state index in [4.69, 9.17) is 0 Å². The van der Waals surface area contributed by atoms with Crippen molar-refractivity contribution in [2.75, 3.05) is 13.3 Å². The second-order valence-electron chi connectivity index (χ2n) is 3.92. The fourth-order valence-corrected chi connectivity index (χ4v) is 2.75. The first-order valence-electron chi connectivity index (χ1n) is 5.48. The lowest BCUT2D eigenvalue weighted by molar-refractivity contribution is 0.685. The van der Waals surface area contributed by atoms with Crippen LogP contribution in [-0.4, -0.2) is 18.3 Å². The quantitative estimate of drug-likeness (QED) is 0.521. The third-order valence-corrected chi connectivity index (χ3v) is 3.80. The van der Waals surface area contributed by atoms with Crippen molar-refractivity contribution in [3.63, 3.8) is 0 Å². The van der Waals surface area contributed by atoms with Gasteiger partial charge in [0.1, 0.15) is 0 Å². The average molecular weight is 219 g/mol. The average Bonchev–Trinajstić information content (AvgIpc) is 2.30. The van der Waals surface area contributed by atoms with E-state index in [0.29, 0.717) is 0 Å². The van der Waals surface area contributed by atoms with Crippen LogP contribution >= 0.6 is 11.8 Å². The number of hydrogen-bond donors (Lipinski definition) is 0. The molecule has 1 aromatic rings. The van der Waals surface area contributed by atoms with Crippen molar-refractivity contribution in [2.24, 2.45) is 4.99 Å². The van der Waals surface area contributed by atoms with Crippen LogP contribution in [0.5, 0.6) is 0 Å². The van der Waals surface area contributed by atoms with Crippen LogP contribution in [0.25, 0.3) is 0 Å². The summed E-state index contributed by atoms with van der Waals surface area (Å²) in [6, 6.07) is 6.82. The zero-order valence-corrected chi connectivity index (χ0v) is 10.2. The van der Waals surface area contributed by atoms with E-state index in [0.717, 1.165) is 5.04 Å². The molecule has 2 heteroatoms. The van der Waals surface area contributed by atoms with E-state index in [1.807, 2.05) is 7.05 Å². The summed E-state index contributed by atoms with van der Waals surface area (Å²) in [5.41, 5.74) is 4.36. The van der Waals surface area contributed by atoms with Crippen LogP contribution in [0.4, 0.5) is 0 Å². The van der Waals surface area contributed by atoms with Gasteiger partial charge in [-0.15, -0.1) is 11.8 Å². The summed E-state index contributed by atoms with van der Waals surface area (Å²) >= 11 is 1.72. The number of benzene rings is 1. The minimum atomic E-state index is 1.14. The number of hydrogen-bond acceptors (Lipinski definition) is 2. The Hall–Kier alpha value is -0.760. The van der Waals surface area contributed by atoms with Gasteiger partial charge in [0.2, 0.25) is 0 Å². The Morgan fingerprint density at radius 3 is 2.60 bits per heavy atom. The summed E-state index contributed by atoms with van der Waals surface area (Å²) in [4.78, 5) is 4.31. The normalized spacial score (nSPS) is 16.3. The number of nitrogens with zero attached hydrogens (tertiary/aromatic N) is 1. The minimum Gasteiger partial charge on any atom is -0.281 e. The lowest BCUT2D eigenvalue weighted by Crippen LogP contribution is -2.05. The maximum atomic E-state index is 4.31. The molecule has 0 atom stereocenters. The Bertz CT molecular complexity index is 382. The molecule has 0 saturated heterocycles. The summed E-state index contributed by atoms with van der Waals surface area (Å²) in [5.74, 6) is 0. The number of fused-ring (bicyclic) bond motifs is 1. The van der Waals surface area contributed by atoms with E-state index >= 15 is 0 Å². The highest BCUT2D eigenvalue weighted by Crippen LogP contribution is 2.23. The van der Waals surface area contributed by atoms with E-state index in [2.05, 4.69) is 29.4 Å². The number of thioether (sulfide) groups is 1. The first-order chi connectivity index (χ1) is 7.35. The summed E-state index contributed by atoms with van der Waals surface area (Å²) in [5, 5.41) is 1.14. The van der Waals surface area contributed by atoms with Crippen molar-refractivity contribution < 1.29 is 0 Å². The fraction of sp³-hybridized carbons (Fsp3) is 0.462. The van der Waals surface area contributed by atoms with Gasteiger partial charge in [0, 0.05) is 12.6 Å². The summed E-state index contributed by atoms with van der Waals surface area (Å²) in [6.07, 6.45) is 7.28. The largest absolute Gasteiger partial charge is 0.281 e. The van der Waals surface area contributed by atoms with Gasteiger partial charge < -0.3 is 0 Å². The molecule has 0 fully saturated rings. The lowest BCUT2D eigenvalue weighted by atomic mass is 9.90. The Balaban J connectivity index is 2.35. The Labute approximate surface area is 96.0 Å². The highest BCUT2D eigenvalue weighted by molar-refractivity contribution is 8.13. The maximum absolute atomic E-state index is 4.31. The van der Waals surface area contributed by atoms with Crippen LogP contribution in [0.15, 0.2) is 23.2 Å². The molecule has 0 spiro atoms. The number of rotatable bonds is 1. The van der Waals surface area contributed by atoms with Crippen molar-refractivity contribution in [3.05, 3.63) is 34.9 Å². The highest BCUT2D eigenvalue weighted by Gasteiger charge is 2.10. The SMILES string of the molecule is CN=C(SC)c1ccc2c(c1)CCCC2. The lowest BCUT2D eigenvalue weighted by Gasteiger charge is -2.16. The summed E-state index contributed by atoms with van der Waals surface area (Å²) < 4.78 is 0. The number of aliphatic imine (C=N–C) groups is 1. The first kappa shape index (κ1) is 10.7. The molecule has 80 valence electrons. The Kier molecular flexibility index (Phi) is 3.47. The molecule has 0 unspecified atom stereocenters. The maximum Gasteiger partial charge on any atom is 0.0970 e. The van der Waals surface area contributed by atoms with E-state index in [1.54, 1.807) is 17.3 Å². The standard InChI is InChI=1S/C13H17NS/c1-14-13(15-2)12-8-7-10-5-3-4-6-11(10)9-12/h7-9H,3-6H2,1-2H3. The van der Waals surface area contributed by atoms with Gasteiger partial charge in [-0.1, -0.05) is 12.1 Å². The van der Waals surface area contributed by atoms with Crippen LogP contribution < -0.4 is 0 Å². The van der Waals surface area contributed by atoms with Crippen molar-refractivity contribution in [1.29, 1.82) is 0 Å². The van der Waals surface area contributed by atoms with Crippen LogP contribution in [0.1, 0.15) is 29.5 Å². The van der Waals surface area contributed by atoms with Gasteiger partial charge in [-0.2, -0.15) is 0 Å². The molecule has 0 aromatic heterocycles. The summed E-state index contributed by atoms with van der Waals surface area (Å²) in [7, 11) is 1.87. The van der Waals surface area contributed by atoms with Gasteiger partial charge in [-0.3, -0.25) is 4.99 Å². The topological polar surface area (TPSA) is 12.4 Å². The first-order valence-corrected chi connectivity index (χ1v) is 6.70. The molecule has 2 rings (SSSR count). The molecule has 0 heterocycles. The molecule has 0 amide bonds. The van der Waals surface area contributed by atoms with Gasteiger partial charge in [0.05, 0.1) is 5.04 Å². The van der Waals surface area contributed by atoms with Crippen LogP contribution in [0.2, 0.25) is 0 Å². The number of aryl methyl sites for hydroxylation is 2. The predicted molar refractivity (Wildman–Crippen MR) is 69.1 cm³/mol. The predicted octanol–water partition coefficient (Wildman–Crippen LogP) is 3.30. The molecular formula is C13H17NS. The van der Waals surface area contributed by atoms with Crippen molar-refractivity contribution >= 4 is 16.8 Å². The van der Waals surface area contributed by atoms with Gasteiger partial charge in [-0.05, 0) is 49.1 Å². The monoisotopic (exact) mass is 219 g/mol. The molecular weight excluding hydrogens is 202 g/mol. The van der Waals surface area contributed by atoms with Crippen LogP contribution in [0.3, 0.4) is 0 Å². The van der Waals surface area contributed by atoms with Crippen LogP contribution in [-0.2, 0) is 12.8 Å². The highest BCUT2D eigenvalue weighted by atomic mass is 32.2. The van der Waals surface area contributed by atoms with E-state index in [1.165, 1.54) is 36.8 Å². The molecule has 15 heavy (non-hydrogen) atoms.